The predicted octanol–water partition coefficient (Wildman–Crippen LogP) is 0.579. The van der Waals surface area contributed by atoms with Gasteiger partial charge in [-0.15, -0.1) is 0 Å². The van der Waals surface area contributed by atoms with Crippen LogP contribution in [-0.4, -0.2) is 62.5 Å². The highest BCUT2D eigenvalue weighted by atomic mass is 16.2. The molecule has 0 rings (SSSR count). The van der Waals surface area contributed by atoms with E-state index in [9.17, 15) is 9.59 Å². The van der Waals surface area contributed by atoms with Crippen LogP contribution in [0.2, 0.25) is 0 Å². The van der Waals surface area contributed by atoms with Gasteiger partial charge in [0.05, 0.1) is 0 Å². The zero-order valence-corrected chi connectivity index (χ0v) is 16.0. The predicted molar refractivity (Wildman–Crippen MR) is 103 cm³/mol. The highest BCUT2D eigenvalue weighted by molar-refractivity contribution is 5.76. The van der Waals surface area contributed by atoms with Crippen molar-refractivity contribution < 1.29 is 9.59 Å². The second-order valence-corrected chi connectivity index (χ2v) is 6.39. The van der Waals surface area contributed by atoms with Crippen molar-refractivity contribution in [3.8, 4) is 0 Å². The number of rotatable bonds is 17. The van der Waals surface area contributed by atoms with Crippen molar-refractivity contribution in [3.63, 3.8) is 0 Å². The molecule has 25 heavy (non-hydrogen) atoms. The molecule has 0 aliphatic rings. The summed E-state index contributed by atoms with van der Waals surface area (Å²) in [7, 11) is 0. The van der Waals surface area contributed by atoms with Crippen LogP contribution in [0.1, 0.15) is 58.3 Å². The lowest BCUT2D eigenvalue weighted by Gasteiger charge is -2.22. The third kappa shape index (κ3) is 16.1. The minimum absolute atomic E-state index is 0.0194. The molecule has 0 bridgehead atoms. The summed E-state index contributed by atoms with van der Waals surface area (Å²) in [4.78, 5) is 25.7. The van der Waals surface area contributed by atoms with Gasteiger partial charge in [0.1, 0.15) is 0 Å². The fraction of sp³-hybridized carbons (Fsp3) is 0.889. The number of carbonyl (C=O) groups is 2. The highest BCUT2D eigenvalue weighted by Gasteiger charge is 2.10. The first-order valence-electron chi connectivity index (χ1n) is 9.79. The first kappa shape index (κ1) is 23.8. The van der Waals surface area contributed by atoms with Crippen LogP contribution in [0.5, 0.6) is 0 Å². The smallest absolute Gasteiger partial charge is 0.221 e. The van der Waals surface area contributed by atoms with Crippen LogP contribution in [0.4, 0.5) is 0 Å². The molecule has 0 radical (unpaired) electrons. The quantitative estimate of drug-likeness (QED) is 0.284. The average Bonchev–Trinajstić information content (AvgIpc) is 2.62. The van der Waals surface area contributed by atoms with Crippen molar-refractivity contribution in [2.45, 2.75) is 58.3 Å². The third-order valence-corrected chi connectivity index (χ3v) is 4.07. The SMILES string of the molecule is CCCCCCCCN(CCC(=O)NCCN)CCC(=O)NCCN. The van der Waals surface area contributed by atoms with Crippen LogP contribution in [-0.2, 0) is 9.59 Å². The van der Waals surface area contributed by atoms with Crippen molar-refractivity contribution in [1.82, 2.24) is 15.5 Å². The second-order valence-electron chi connectivity index (χ2n) is 6.39. The van der Waals surface area contributed by atoms with E-state index in [1.54, 1.807) is 0 Å². The van der Waals surface area contributed by atoms with Crippen molar-refractivity contribution in [2.24, 2.45) is 11.5 Å². The molecule has 148 valence electrons. The fourth-order valence-electron chi connectivity index (χ4n) is 2.57. The van der Waals surface area contributed by atoms with Crippen LogP contribution >= 0.6 is 0 Å². The molecule has 0 saturated heterocycles. The Bertz CT molecular complexity index is 315. The Morgan fingerprint density at radius 1 is 0.760 bits per heavy atom. The summed E-state index contributed by atoms with van der Waals surface area (Å²) in [5, 5.41) is 5.57. The zero-order valence-electron chi connectivity index (χ0n) is 16.0. The number of nitrogens with one attached hydrogen (secondary N) is 2. The van der Waals surface area contributed by atoms with Gasteiger partial charge in [0.15, 0.2) is 0 Å². The molecule has 7 nitrogen and oxygen atoms in total. The molecule has 7 heteroatoms. The van der Waals surface area contributed by atoms with Gasteiger partial charge in [-0.2, -0.15) is 0 Å². The molecule has 0 saturated carbocycles. The van der Waals surface area contributed by atoms with Crippen LogP contribution in [0, 0.1) is 0 Å². The molecular formula is C18H39N5O2. The van der Waals surface area contributed by atoms with Crippen LogP contribution in [0.25, 0.3) is 0 Å². The van der Waals surface area contributed by atoms with Crippen molar-refractivity contribution in [3.05, 3.63) is 0 Å². The van der Waals surface area contributed by atoms with Gasteiger partial charge in [-0.05, 0) is 13.0 Å². The van der Waals surface area contributed by atoms with E-state index in [1.165, 1.54) is 32.1 Å². The number of carbonyl (C=O) groups excluding carboxylic acids is 2. The average molecular weight is 358 g/mol. The van der Waals surface area contributed by atoms with E-state index in [4.69, 9.17) is 11.5 Å². The number of hydrogen-bond acceptors (Lipinski definition) is 5. The van der Waals surface area contributed by atoms with Crippen LogP contribution in [0.3, 0.4) is 0 Å². The van der Waals surface area contributed by atoms with Crippen molar-refractivity contribution >= 4 is 11.8 Å². The van der Waals surface area contributed by atoms with E-state index < -0.39 is 0 Å². The van der Waals surface area contributed by atoms with Crippen molar-refractivity contribution in [1.29, 1.82) is 0 Å². The topological polar surface area (TPSA) is 113 Å². The first-order chi connectivity index (χ1) is 12.1. The monoisotopic (exact) mass is 357 g/mol. The minimum atomic E-state index is 0.0194. The lowest BCUT2D eigenvalue weighted by atomic mass is 10.1. The van der Waals surface area contributed by atoms with Crippen LogP contribution < -0.4 is 22.1 Å². The van der Waals surface area contributed by atoms with E-state index in [2.05, 4.69) is 22.5 Å². The van der Waals surface area contributed by atoms with E-state index in [-0.39, 0.29) is 11.8 Å². The zero-order chi connectivity index (χ0) is 18.8. The summed E-state index contributed by atoms with van der Waals surface area (Å²) in [5.74, 6) is 0.0389. The van der Waals surface area contributed by atoms with Gasteiger partial charge < -0.3 is 27.0 Å². The van der Waals surface area contributed by atoms with Gasteiger partial charge in [-0.25, -0.2) is 0 Å². The molecule has 0 aromatic carbocycles. The number of unbranched alkanes of at least 4 members (excludes halogenated alkanes) is 5. The van der Waals surface area contributed by atoms with E-state index in [1.807, 2.05) is 0 Å². The van der Waals surface area contributed by atoms with Gasteiger partial charge in [0, 0.05) is 52.1 Å². The maximum atomic E-state index is 11.7. The Labute approximate surface area is 153 Å². The van der Waals surface area contributed by atoms with Crippen LogP contribution in [0.15, 0.2) is 0 Å². The first-order valence-corrected chi connectivity index (χ1v) is 9.79. The summed E-state index contributed by atoms with van der Waals surface area (Å²) in [6.07, 6.45) is 8.30. The van der Waals surface area contributed by atoms with Gasteiger partial charge in [0.2, 0.25) is 11.8 Å². The van der Waals surface area contributed by atoms with Gasteiger partial charge in [0.25, 0.3) is 0 Å². The Morgan fingerprint density at radius 3 is 1.72 bits per heavy atom. The van der Waals surface area contributed by atoms with Crippen molar-refractivity contribution in [2.75, 3.05) is 45.8 Å². The Hall–Kier alpha value is -1.18. The minimum Gasteiger partial charge on any atom is -0.355 e. The lowest BCUT2D eigenvalue weighted by Crippen LogP contribution is -2.36. The third-order valence-electron chi connectivity index (χ3n) is 4.07. The number of nitrogens with zero attached hydrogens (tertiary/aromatic N) is 1. The maximum Gasteiger partial charge on any atom is 0.221 e. The summed E-state index contributed by atoms with van der Waals surface area (Å²) in [6.45, 7) is 6.43. The van der Waals surface area contributed by atoms with E-state index >= 15 is 0 Å². The molecule has 6 N–H and O–H groups in total. The molecule has 0 aliphatic heterocycles. The number of amides is 2. The van der Waals surface area contributed by atoms with Gasteiger partial charge in [-0.3, -0.25) is 9.59 Å². The Balaban J connectivity index is 4.11. The molecule has 0 aromatic heterocycles. The highest BCUT2D eigenvalue weighted by Crippen LogP contribution is 2.06. The molecule has 0 spiro atoms. The molecule has 0 unspecified atom stereocenters. The molecule has 0 aromatic rings. The summed E-state index contributed by atoms with van der Waals surface area (Å²) < 4.78 is 0. The largest absolute Gasteiger partial charge is 0.355 e. The molecule has 0 fully saturated rings. The van der Waals surface area contributed by atoms with E-state index in [0.29, 0.717) is 52.1 Å². The molecule has 0 aliphatic carbocycles. The number of hydrogen-bond donors (Lipinski definition) is 4. The summed E-state index contributed by atoms with van der Waals surface area (Å²) in [6, 6.07) is 0. The Morgan fingerprint density at radius 2 is 1.24 bits per heavy atom. The molecule has 0 heterocycles. The van der Waals surface area contributed by atoms with E-state index in [0.717, 1.165) is 13.0 Å². The molecule has 2 amide bonds. The normalized spacial score (nSPS) is 10.9. The number of nitrogens with two attached hydrogens (primary N) is 2. The lowest BCUT2D eigenvalue weighted by molar-refractivity contribution is -0.121. The van der Waals surface area contributed by atoms with Gasteiger partial charge in [-0.1, -0.05) is 39.0 Å². The summed E-state index contributed by atoms with van der Waals surface area (Å²) >= 11 is 0. The van der Waals surface area contributed by atoms with Gasteiger partial charge >= 0.3 is 0 Å². The molecular weight excluding hydrogens is 318 g/mol. The maximum absolute atomic E-state index is 11.7. The second kappa shape index (κ2) is 17.6. The fourth-order valence-corrected chi connectivity index (χ4v) is 2.57. The molecule has 0 atom stereocenters. The summed E-state index contributed by atoms with van der Waals surface area (Å²) in [5.41, 5.74) is 10.8. The Kier molecular flexibility index (Phi) is 16.8. The standard InChI is InChI=1S/C18H39N5O2/c1-2-3-4-5-6-7-14-23(15-8-17(24)21-12-10-19)16-9-18(25)22-13-11-20/h2-16,19-20H2,1H3,(H,21,24)(H,22,25).